The number of hydrogen-bond acceptors (Lipinski definition) is 5. The minimum Gasteiger partial charge on any atom is -0.492 e. The Hall–Kier alpha value is -1.44. The summed E-state index contributed by atoms with van der Waals surface area (Å²) in [6.45, 7) is 6.84. The standard InChI is InChI=1S/C18H30N4O2S/c1-19-18(20-7-14-25-2)21-15-16-5-3-4-6-17(16)24-13-10-22-8-11-23-12-9-22/h3-6H,7-15H2,1-2H3,(H2,19,20,21). The highest BCUT2D eigenvalue weighted by molar-refractivity contribution is 7.98. The first-order chi connectivity index (χ1) is 12.3. The Morgan fingerprint density at radius 2 is 2.08 bits per heavy atom. The number of para-hydroxylation sites is 1. The van der Waals surface area contributed by atoms with Crippen molar-refractivity contribution in [1.82, 2.24) is 15.5 Å². The zero-order valence-electron chi connectivity index (χ0n) is 15.3. The highest BCUT2D eigenvalue weighted by Gasteiger charge is 2.10. The number of thioether (sulfide) groups is 1. The van der Waals surface area contributed by atoms with E-state index < -0.39 is 0 Å². The van der Waals surface area contributed by atoms with Crippen LogP contribution in [0.3, 0.4) is 0 Å². The number of nitrogens with one attached hydrogen (secondary N) is 2. The van der Waals surface area contributed by atoms with Crippen molar-refractivity contribution >= 4 is 17.7 Å². The number of guanidine groups is 1. The fraction of sp³-hybridized carbons (Fsp3) is 0.611. The quantitative estimate of drug-likeness (QED) is 0.392. The average Bonchev–Trinajstić information content (AvgIpc) is 2.66. The SMILES string of the molecule is CN=C(NCCSC)NCc1ccccc1OCCN1CCOCC1. The lowest BCUT2D eigenvalue weighted by Gasteiger charge is -2.26. The molecule has 25 heavy (non-hydrogen) atoms. The summed E-state index contributed by atoms with van der Waals surface area (Å²) in [4.78, 5) is 6.63. The zero-order chi connectivity index (χ0) is 17.7. The highest BCUT2D eigenvalue weighted by Crippen LogP contribution is 2.17. The summed E-state index contributed by atoms with van der Waals surface area (Å²) in [5, 5.41) is 6.65. The first kappa shape index (κ1) is 19.9. The first-order valence-corrected chi connectivity index (χ1v) is 10.2. The molecule has 0 unspecified atom stereocenters. The number of aliphatic imine (C=N–C) groups is 1. The average molecular weight is 367 g/mol. The molecule has 0 atom stereocenters. The number of ether oxygens (including phenoxy) is 2. The van der Waals surface area contributed by atoms with Gasteiger partial charge in [-0.15, -0.1) is 0 Å². The Labute approximate surface area is 155 Å². The van der Waals surface area contributed by atoms with Crippen LogP contribution in [0.1, 0.15) is 5.56 Å². The van der Waals surface area contributed by atoms with E-state index >= 15 is 0 Å². The number of rotatable bonds is 9. The summed E-state index contributed by atoms with van der Waals surface area (Å²) >= 11 is 1.81. The van der Waals surface area contributed by atoms with Gasteiger partial charge in [-0.2, -0.15) is 11.8 Å². The van der Waals surface area contributed by atoms with Gasteiger partial charge in [0.15, 0.2) is 5.96 Å². The molecule has 0 amide bonds. The molecule has 1 fully saturated rings. The molecule has 1 aromatic carbocycles. The van der Waals surface area contributed by atoms with Crippen LogP contribution < -0.4 is 15.4 Å². The van der Waals surface area contributed by atoms with E-state index in [0.717, 1.165) is 62.4 Å². The smallest absolute Gasteiger partial charge is 0.191 e. The van der Waals surface area contributed by atoms with Crippen molar-refractivity contribution in [2.45, 2.75) is 6.54 Å². The van der Waals surface area contributed by atoms with Crippen LogP contribution in [0.25, 0.3) is 0 Å². The van der Waals surface area contributed by atoms with E-state index in [1.165, 1.54) is 0 Å². The van der Waals surface area contributed by atoms with E-state index in [2.05, 4.69) is 32.8 Å². The maximum absolute atomic E-state index is 6.02. The van der Waals surface area contributed by atoms with E-state index in [4.69, 9.17) is 9.47 Å². The van der Waals surface area contributed by atoms with Gasteiger partial charge in [0.1, 0.15) is 12.4 Å². The Kier molecular flexibility index (Phi) is 9.54. The fourth-order valence-electron chi connectivity index (χ4n) is 2.57. The van der Waals surface area contributed by atoms with Crippen molar-refractivity contribution in [2.24, 2.45) is 4.99 Å². The molecule has 140 valence electrons. The van der Waals surface area contributed by atoms with Gasteiger partial charge in [0, 0.05) is 51.1 Å². The summed E-state index contributed by atoms with van der Waals surface area (Å²) in [6, 6.07) is 8.17. The van der Waals surface area contributed by atoms with E-state index in [-0.39, 0.29) is 0 Å². The van der Waals surface area contributed by atoms with Crippen molar-refractivity contribution < 1.29 is 9.47 Å². The van der Waals surface area contributed by atoms with Crippen LogP contribution in [0, 0.1) is 0 Å². The molecule has 0 saturated carbocycles. The van der Waals surface area contributed by atoms with E-state index in [0.29, 0.717) is 13.2 Å². The second kappa shape index (κ2) is 12.0. The maximum atomic E-state index is 6.02. The van der Waals surface area contributed by atoms with Gasteiger partial charge >= 0.3 is 0 Å². The van der Waals surface area contributed by atoms with E-state index in [9.17, 15) is 0 Å². The van der Waals surface area contributed by atoms with Crippen molar-refractivity contribution in [2.75, 3.05) is 65.1 Å². The lowest BCUT2D eigenvalue weighted by atomic mass is 10.2. The van der Waals surface area contributed by atoms with Gasteiger partial charge in [0.05, 0.1) is 13.2 Å². The predicted octanol–water partition coefficient (Wildman–Crippen LogP) is 1.43. The molecule has 0 bridgehead atoms. The van der Waals surface area contributed by atoms with Crippen molar-refractivity contribution in [3.05, 3.63) is 29.8 Å². The van der Waals surface area contributed by atoms with Crippen molar-refractivity contribution in [3.8, 4) is 5.75 Å². The summed E-state index contributed by atoms with van der Waals surface area (Å²) in [5.74, 6) is 2.81. The summed E-state index contributed by atoms with van der Waals surface area (Å²) < 4.78 is 11.4. The molecule has 1 aromatic rings. The van der Waals surface area contributed by atoms with Gasteiger partial charge in [-0.1, -0.05) is 18.2 Å². The second-order valence-electron chi connectivity index (χ2n) is 5.76. The molecular weight excluding hydrogens is 336 g/mol. The molecular formula is C18H30N4O2S. The van der Waals surface area contributed by atoms with Crippen LogP contribution in [0.5, 0.6) is 5.75 Å². The Morgan fingerprint density at radius 1 is 1.28 bits per heavy atom. The van der Waals surface area contributed by atoms with Gasteiger partial charge in [0.25, 0.3) is 0 Å². The fourth-order valence-corrected chi connectivity index (χ4v) is 2.88. The van der Waals surface area contributed by atoms with Crippen LogP contribution in [0.4, 0.5) is 0 Å². The van der Waals surface area contributed by atoms with Gasteiger partial charge in [-0.25, -0.2) is 0 Å². The third kappa shape index (κ3) is 7.54. The summed E-state index contributed by atoms with van der Waals surface area (Å²) in [6.07, 6.45) is 2.10. The summed E-state index contributed by atoms with van der Waals surface area (Å²) in [5.41, 5.74) is 1.14. The van der Waals surface area contributed by atoms with Crippen LogP contribution in [-0.4, -0.2) is 75.9 Å². The Morgan fingerprint density at radius 3 is 2.84 bits per heavy atom. The molecule has 2 rings (SSSR count). The van der Waals surface area contributed by atoms with Crippen LogP contribution >= 0.6 is 11.8 Å². The monoisotopic (exact) mass is 366 g/mol. The van der Waals surface area contributed by atoms with Gasteiger partial charge in [-0.05, 0) is 12.3 Å². The number of hydrogen-bond donors (Lipinski definition) is 2. The molecule has 1 aliphatic heterocycles. The van der Waals surface area contributed by atoms with Gasteiger partial charge in [-0.3, -0.25) is 9.89 Å². The molecule has 1 saturated heterocycles. The van der Waals surface area contributed by atoms with Gasteiger partial charge < -0.3 is 20.1 Å². The normalized spacial score (nSPS) is 15.8. The molecule has 0 spiro atoms. The minimum absolute atomic E-state index is 0.687. The molecule has 0 radical (unpaired) electrons. The van der Waals surface area contributed by atoms with Gasteiger partial charge in [0.2, 0.25) is 0 Å². The topological polar surface area (TPSA) is 58.1 Å². The van der Waals surface area contributed by atoms with Crippen LogP contribution in [0.2, 0.25) is 0 Å². The molecule has 1 heterocycles. The third-order valence-corrected chi connectivity index (χ3v) is 4.62. The van der Waals surface area contributed by atoms with Crippen molar-refractivity contribution in [1.29, 1.82) is 0 Å². The molecule has 0 aromatic heterocycles. The zero-order valence-corrected chi connectivity index (χ0v) is 16.1. The third-order valence-electron chi connectivity index (χ3n) is 4.01. The number of morpholine rings is 1. The Balaban J connectivity index is 1.78. The second-order valence-corrected chi connectivity index (χ2v) is 6.74. The molecule has 1 aliphatic rings. The van der Waals surface area contributed by atoms with Crippen LogP contribution in [-0.2, 0) is 11.3 Å². The lowest BCUT2D eigenvalue weighted by molar-refractivity contribution is 0.0322. The molecule has 0 aliphatic carbocycles. The number of nitrogens with zero attached hydrogens (tertiary/aromatic N) is 2. The van der Waals surface area contributed by atoms with E-state index in [1.807, 2.05) is 30.0 Å². The lowest BCUT2D eigenvalue weighted by Crippen LogP contribution is -2.39. The molecule has 7 heteroatoms. The first-order valence-electron chi connectivity index (χ1n) is 8.77. The largest absolute Gasteiger partial charge is 0.492 e. The predicted molar refractivity (Wildman–Crippen MR) is 106 cm³/mol. The number of benzene rings is 1. The highest BCUT2D eigenvalue weighted by atomic mass is 32.2. The molecule has 6 nitrogen and oxygen atoms in total. The van der Waals surface area contributed by atoms with E-state index in [1.54, 1.807) is 7.05 Å². The van der Waals surface area contributed by atoms with Crippen LogP contribution in [0.15, 0.2) is 29.3 Å². The Bertz CT molecular complexity index is 522. The van der Waals surface area contributed by atoms with Crippen molar-refractivity contribution in [3.63, 3.8) is 0 Å². The maximum Gasteiger partial charge on any atom is 0.191 e. The molecule has 2 N–H and O–H groups in total. The minimum atomic E-state index is 0.687. The summed E-state index contributed by atoms with van der Waals surface area (Å²) in [7, 11) is 1.79.